The number of nitrogens with one attached hydrogen (secondary N) is 1. The molecular formula is C18H19F2N5O2. The van der Waals surface area contributed by atoms with Crippen LogP contribution in [0, 0.1) is 11.8 Å². The summed E-state index contributed by atoms with van der Waals surface area (Å²) >= 11 is 0. The average molecular weight is 375 g/mol. The van der Waals surface area contributed by atoms with E-state index < -0.39 is 18.0 Å². The Balaban J connectivity index is 1.57. The number of carbonyl (C=O) groups is 1. The highest BCUT2D eigenvalue weighted by Gasteiger charge is 2.37. The molecule has 0 atom stereocenters. The topological polar surface area (TPSA) is 85.3 Å². The highest BCUT2D eigenvalue weighted by molar-refractivity contribution is 6.07. The number of anilines is 1. The van der Waals surface area contributed by atoms with Crippen molar-refractivity contribution >= 4 is 17.4 Å². The molecule has 4 rings (SSSR count). The summed E-state index contributed by atoms with van der Waals surface area (Å²) in [5.74, 6) is 0.415. The van der Waals surface area contributed by atoms with Crippen molar-refractivity contribution in [1.29, 1.82) is 0 Å². The fourth-order valence-corrected chi connectivity index (χ4v) is 3.33. The van der Waals surface area contributed by atoms with E-state index in [-0.39, 0.29) is 23.3 Å². The van der Waals surface area contributed by atoms with Gasteiger partial charge < -0.3 is 4.42 Å². The highest BCUT2D eigenvalue weighted by Crippen LogP contribution is 2.46. The van der Waals surface area contributed by atoms with Crippen molar-refractivity contribution in [3.05, 3.63) is 41.8 Å². The van der Waals surface area contributed by atoms with Crippen molar-refractivity contribution in [2.75, 3.05) is 5.32 Å². The van der Waals surface area contributed by atoms with E-state index in [1.54, 1.807) is 12.3 Å². The first-order valence-electron chi connectivity index (χ1n) is 8.82. The molecule has 0 unspecified atom stereocenters. The van der Waals surface area contributed by atoms with Gasteiger partial charge in [0.05, 0.1) is 6.20 Å². The molecule has 0 aliphatic heterocycles. The fraction of sp³-hybridized carbons (Fsp3) is 0.444. The Morgan fingerprint density at radius 1 is 1.37 bits per heavy atom. The largest absolute Gasteiger partial charge is 0.424 e. The molecule has 27 heavy (non-hydrogen) atoms. The van der Waals surface area contributed by atoms with E-state index >= 15 is 0 Å². The van der Waals surface area contributed by atoms with Gasteiger partial charge in [0.2, 0.25) is 11.8 Å². The van der Waals surface area contributed by atoms with Crippen LogP contribution in [0.25, 0.3) is 5.65 Å². The number of carbonyl (C=O) groups excluding carboxylic acids is 1. The first-order chi connectivity index (χ1) is 12.9. The third-order valence-electron chi connectivity index (χ3n) is 5.09. The summed E-state index contributed by atoms with van der Waals surface area (Å²) in [7, 11) is 0. The minimum atomic E-state index is -2.85. The monoisotopic (exact) mass is 375 g/mol. The number of aromatic nitrogens is 4. The number of oxazole rings is 1. The predicted octanol–water partition coefficient (Wildman–Crippen LogP) is 4.06. The van der Waals surface area contributed by atoms with Gasteiger partial charge in [-0.15, -0.1) is 0 Å². The van der Waals surface area contributed by atoms with E-state index in [0.29, 0.717) is 17.5 Å². The molecule has 1 aliphatic carbocycles. The molecule has 0 aromatic carbocycles. The Kier molecular flexibility index (Phi) is 4.37. The number of rotatable bonds is 5. The first kappa shape index (κ1) is 17.6. The Morgan fingerprint density at radius 2 is 2.15 bits per heavy atom. The molecule has 0 radical (unpaired) electrons. The minimum absolute atomic E-state index is 0.0131. The van der Waals surface area contributed by atoms with Crippen LogP contribution in [0.1, 0.15) is 61.0 Å². The number of halogens is 2. The molecule has 1 aliphatic rings. The normalized spacial score (nSPS) is 19.6. The van der Waals surface area contributed by atoms with Gasteiger partial charge >= 0.3 is 0 Å². The summed E-state index contributed by atoms with van der Waals surface area (Å²) < 4.78 is 33.7. The summed E-state index contributed by atoms with van der Waals surface area (Å²) in [5, 5.41) is 6.42. The summed E-state index contributed by atoms with van der Waals surface area (Å²) in [4.78, 5) is 20.6. The number of alkyl halides is 2. The number of hydrogen-bond donors (Lipinski definition) is 1. The first-order valence-corrected chi connectivity index (χ1v) is 8.82. The van der Waals surface area contributed by atoms with E-state index in [2.05, 4.69) is 34.2 Å². The lowest BCUT2D eigenvalue weighted by Crippen LogP contribution is -2.26. The lowest BCUT2D eigenvalue weighted by atomic mass is 9.69. The van der Waals surface area contributed by atoms with Crippen molar-refractivity contribution in [3.63, 3.8) is 0 Å². The van der Waals surface area contributed by atoms with Gasteiger partial charge in [0.25, 0.3) is 12.3 Å². The number of fused-ring (bicyclic) bond motifs is 1. The molecule has 1 N–H and O–H groups in total. The predicted molar refractivity (Wildman–Crippen MR) is 92.7 cm³/mol. The maximum Gasteiger partial charge on any atom is 0.285 e. The Hall–Kier alpha value is -2.84. The third kappa shape index (κ3) is 3.17. The Morgan fingerprint density at radius 3 is 2.85 bits per heavy atom. The second-order valence-electron chi connectivity index (χ2n) is 7.14. The van der Waals surface area contributed by atoms with Gasteiger partial charge in [-0.3, -0.25) is 10.1 Å². The van der Waals surface area contributed by atoms with Crippen molar-refractivity contribution in [1.82, 2.24) is 19.6 Å². The molecule has 3 aromatic heterocycles. The molecule has 0 spiro atoms. The van der Waals surface area contributed by atoms with E-state index in [1.807, 2.05) is 0 Å². The van der Waals surface area contributed by atoms with Crippen LogP contribution in [0.5, 0.6) is 0 Å². The van der Waals surface area contributed by atoms with Gasteiger partial charge in [0.15, 0.2) is 11.3 Å². The molecule has 0 saturated heterocycles. The highest BCUT2D eigenvalue weighted by atomic mass is 19.3. The minimum Gasteiger partial charge on any atom is -0.424 e. The van der Waals surface area contributed by atoms with Crippen LogP contribution in [0.4, 0.5) is 14.7 Å². The zero-order chi connectivity index (χ0) is 19.1. The van der Waals surface area contributed by atoms with Crippen LogP contribution in [0.2, 0.25) is 0 Å². The van der Waals surface area contributed by atoms with Crippen LogP contribution in [-0.4, -0.2) is 25.5 Å². The van der Waals surface area contributed by atoms with E-state index in [4.69, 9.17) is 4.42 Å². The van der Waals surface area contributed by atoms with Gasteiger partial charge in [0.1, 0.15) is 5.56 Å². The number of nitrogens with zero attached hydrogens (tertiary/aromatic N) is 4. The standard InChI is InChI=1S/C18H19F2N5O2/c1-9(2)10-6-11(7-10)17-23-13(14(19)20)18(27-17)24-16(26)12-8-22-25-5-3-4-21-15(12)25/h3-5,8-11,14H,6-7H2,1-2H3,(H,24,26)/t10-,11-. The number of hydrogen-bond acceptors (Lipinski definition) is 5. The van der Waals surface area contributed by atoms with Gasteiger partial charge in [-0.2, -0.15) is 5.10 Å². The van der Waals surface area contributed by atoms with Crippen LogP contribution in [0.15, 0.2) is 29.1 Å². The number of amides is 1. The van der Waals surface area contributed by atoms with E-state index in [1.165, 1.54) is 16.9 Å². The van der Waals surface area contributed by atoms with Crippen molar-refractivity contribution in [2.24, 2.45) is 11.8 Å². The molecule has 7 nitrogen and oxygen atoms in total. The molecule has 3 heterocycles. The van der Waals surface area contributed by atoms with Crippen molar-refractivity contribution in [3.8, 4) is 0 Å². The lowest BCUT2D eigenvalue weighted by molar-refractivity contribution is 0.102. The van der Waals surface area contributed by atoms with Crippen molar-refractivity contribution in [2.45, 2.75) is 39.0 Å². The summed E-state index contributed by atoms with van der Waals surface area (Å²) in [5.41, 5.74) is -0.0554. The smallest absolute Gasteiger partial charge is 0.285 e. The maximum absolute atomic E-state index is 13.4. The quantitative estimate of drug-likeness (QED) is 0.727. The van der Waals surface area contributed by atoms with Crippen LogP contribution in [-0.2, 0) is 0 Å². The van der Waals surface area contributed by atoms with Gasteiger partial charge in [-0.05, 0) is 30.7 Å². The van der Waals surface area contributed by atoms with Gasteiger partial charge in [-0.1, -0.05) is 13.8 Å². The lowest BCUT2D eigenvalue weighted by Gasteiger charge is -2.36. The Bertz CT molecular complexity index is 975. The molecule has 0 bridgehead atoms. The average Bonchev–Trinajstić information content (AvgIpc) is 3.17. The maximum atomic E-state index is 13.4. The second-order valence-corrected chi connectivity index (χ2v) is 7.14. The van der Waals surface area contributed by atoms with Crippen LogP contribution in [0.3, 0.4) is 0 Å². The fourth-order valence-electron chi connectivity index (χ4n) is 3.33. The molecule has 142 valence electrons. The van der Waals surface area contributed by atoms with Gasteiger partial charge in [-0.25, -0.2) is 23.3 Å². The summed E-state index contributed by atoms with van der Waals surface area (Å²) in [6.45, 7) is 4.27. The molecule has 9 heteroatoms. The second kappa shape index (κ2) is 6.71. The third-order valence-corrected chi connectivity index (χ3v) is 5.09. The molecular weight excluding hydrogens is 356 g/mol. The SMILES string of the molecule is CC(C)[C@H]1C[C@H](c2nc(C(F)F)c(NC(=O)c3cnn4cccnc34)o2)C1. The molecule has 1 amide bonds. The summed E-state index contributed by atoms with van der Waals surface area (Å²) in [6, 6.07) is 1.67. The molecule has 3 aromatic rings. The zero-order valence-electron chi connectivity index (χ0n) is 14.9. The van der Waals surface area contributed by atoms with Gasteiger partial charge in [0, 0.05) is 18.3 Å². The van der Waals surface area contributed by atoms with Crippen LogP contribution >= 0.6 is 0 Å². The van der Waals surface area contributed by atoms with Crippen LogP contribution < -0.4 is 5.32 Å². The summed E-state index contributed by atoms with van der Waals surface area (Å²) in [6.07, 6.45) is 3.35. The zero-order valence-corrected chi connectivity index (χ0v) is 14.9. The molecule has 1 fully saturated rings. The van der Waals surface area contributed by atoms with E-state index in [0.717, 1.165) is 12.8 Å². The Labute approximate surface area is 153 Å². The van der Waals surface area contributed by atoms with Crippen molar-refractivity contribution < 1.29 is 18.0 Å². The molecule has 1 saturated carbocycles. The van der Waals surface area contributed by atoms with E-state index in [9.17, 15) is 13.6 Å².